The number of pyridine rings is 1. The van der Waals surface area contributed by atoms with E-state index in [9.17, 15) is 4.39 Å². The van der Waals surface area contributed by atoms with Gasteiger partial charge in [0.05, 0.1) is 24.4 Å². The Morgan fingerprint density at radius 2 is 2.11 bits per heavy atom. The monoisotopic (exact) mass is 254 g/mol. The van der Waals surface area contributed by atoms with Crippen molar-refractivity contribution in [2.45, 2.75) is 45.8 Å². The van der Waals surface area contributed by atoms with E-state index < -0.39 is 0 Å². The van der Waals surface area contributed by atoms with Gasteiger partial charge in [-0.3, -0.25) is 4.98 Å². The fraction of sp³-hybridized carbons (Fsp3) is 0.643. The normalized spacial score (nSPS) is 13.6. The van der Waals surface area contributed by atoms with E-state index in [-0.39, 0.29) is 17.5 Å². The lowest BCUT2D eigenvalue weighted by Crippen LogP contribution is -2.31. The molecule has 0 aliphatic rings. The molecule has 0 radical (unpaired) electrons. The predicted octanol–water partition coefficient (Wildman–Crippen LogP) is 3.08. The van der Waals surface area contributed by atoms with E-state index in [2.05, 4.69) is 17.2 Å². The molecule has 0 saturated carbocycles. The zero-order valence-corrected chi connectivity index (χ0v) is 11.7. The third-order valence-electron chi connectivity index (χ3n) is 2.45. The Morgan fingerprint density at radius 3 is 2.67 bits per heavy atom. The van der Waals surface area contributed by atoms with Crippen molar-refractivity contribution in [2.24, 2.45) is 0 Å². The molecule has 0 aromatic carbocycles. The molecule has 3 nitrogen and oxygen atoms in total. The lowest BCUT2D eigenvalue weighted by Gasteiger charge is -2.25. The van der Waals surface area contributed by atoms with E-state index in [4.69, 9.17) is 4.74 Å². The van der Waals surface area contributed by atoms with Crippen LogP contribution >= 0.6 is 0 Å². The van der Waals surface area contributed by atoms with Gasteiger partial charge in [-0.25, -0.2) is 4.39 Å². The Labute approximate surface area is 109 Å². The number of rotatable bonds is 6. The standard InChI is InChI=1S/C14H23FN2O/c1-5-6-17-13(10-18-14(2,3)4)11-7-12(15)9-16-8-11/h7-9,13,17H,5-6,10H2,1-4H3. The lowest BCUT2D eigenvalue weighted by molar-refractivity contribution is -0.0148. The average molecular weight is 254 g/mol. The Morgan fingerprint density at radius 1 is 1.39 bits per heavy atom. The summed E-state index contributed by atoms with van der Waals surface area (Å²) in [5, 5.41) is 3.35. The van der Waals surface area contributed by atoms with Crippen molar-refractivity contribution < 1.29 is 9.13 Å². The van der Waals surface area contributed by atoms with Crippen molar-refractivity contribution in [1.29, 1.82) is 0 Å². The molecule has 102 valence electrons. The first-order valence-corrected chi connectivity index (χ1v) is 6.40. The molecule has 1 heterocycles. The number of hydrogen-bond acceptors (Lipinski definition) is 3. The summed E-state index contributed by atoms with van der Waals surface area (Å²) >= 11 is 0. The first-order chi connectivity index (χ1) is 8.42. The van der Waals surface area contributed by atoms with Gasteiger partial charge in [-0.2, -0.15) is 0 Å². The summed E-state index contributed by atoms with van der Waals surface area (Å²) in [6.45, 7) is 9.50. The van der Waals surface area contributed by atoms with E-state index in [1.807, 2.05) is 20.8 Å². The first kappa shape index (κ1) is 15.1. The minimum atomic E-state index is -0.313. The number of halogens is 1. The molecule has 1 unspecified atom stereocenters. The second-order valence-electron chi connectivity index (χ2n) is 5.37. The Bertz CT molecular complexity index is 363. The van der Waals surface area contributed by atoms with Gasteiger partial charge in [-0.05, 0) is 45.4 Å². The van der Waals surface area contributed by atoms with Gasteiger partial charge < -0.3 is 10.1 Å². The number of nitrogens with zero attached hydrogens (tertiary/aromatic N) is 1. The van der Waals surface area contributed by atoms with Gasteiger partial charge in [-0.15, -0.1) is 0 Å². The van der Waals surface area contributed by atoms with Gasteiger partial charge in [-0.1, -0.05) is 6.92 Å². The highest BCUT2D eigenvalue weighted by Crippen LogP contribution is 2.17. The van der Waals surface area contributed by atoms with Gasteiger partial charge >= 0.3 is 0 Å². The molecule has 18 heavy (non-hydrogen) atoms. The summed E-state index contributed by atoms with van der Waals surface area (Å²) in [6, 6.07) is 1.49. The molecule has 1 N–H and O–H groups in total. The molecular weight excluding hydrogens is 231 g/mol. The van der Waals surface area contributed by atoms with Gasteiger partial charge in [0.25, 0.3) is 0 Å². The highest BCUT2D eigenvalue weighted by Gasteiger charge is 2.17. The van der Waals surface area contributed by atoms with E-state index in [1.165, 1.54) is 12.3 Å². The van der Waals surface area contributed by atoms with Crippen molar-refractivity contribution >= 4 is 0 Å². The molecule has 1 aromatic heterocycles. The molecule has 0 aliphatic heterocycles. The Balaban J connectivity index is 2.71. The minimum absolute atomic E-state index is 0.0209. The van der Waals surface area contributed by atoms with Gasteiger partial charge in [0.1, 0.15) is 5.82 Å². The minimum Gasteiger partial charge on any atom is -0.374 e. The maximum absolute atomic E-state index is 13.2. The van der Waals surface area contributed by atoms with Gasteiger partial charge in [0, 0.05) is 6.20 Å². The summed E-state index contributed by atoms with van der Waals surface area (Å²) < 4.78 is 19.0. The Kier molecular flexibility index (Phi) is 5.69. The summed E-state index contributed by atoms with van der Waals surface area (Å²) in [6.07, 6.45) is 3.92. The fourth-order valence-corrected chi connectivity index (χ4v) is 1.54. The van der Waals surface area contributed by atoms with Crippen molar-refractivity contribution in [3.05, 3.63) is 29.8 Å². The van der Waals surface area contributed by atoms with Crippen molar-refractivity contribution in [3.63, 3.8) is 0 Å². The van der Waals surface area contributed by atoms with Crippen LogP contribution in [0.1, 0.15) is 45.7 Å². The van der Waals surface area contributed by atoms with Crippen molar-refractivity contribution in [2.75, 3.05) is 13.2 Å². The molecule has 1 rings (SSSR count). The van der Waals surface area contributed by atoms with Crippen LogP contribution < -0.4 is 5.32 Å². The van der Waals surface area contributed by atoms with Crippen LogP contribution in [0.25, 0.3) is 0 Å². The quantitative estimate of drug-likeness (QED) is 0.847. The predicted molar refractivity (Wildman–Crippen MR) is 70.9 cm³/mol. The van der Waals surface area contributed by atoms with Crippen LogP contribution in [0.3, 0.4) is 0 Å². The highest BCUT2D eigenvalue weighted by atomic mass is 19.1. The van der Waals surface area contributed by atoms with Gasteiger partial charge in [0.15, 0.2) is 0 Å². The topological polar surface area (TPSA) is 34.1 Å². The third kappa shape index (κ3) is 5.56. The van der Waals surface area contributed by atoms with Crippen LogP contribution in [0.2, 0.25) is 0 Å². The van der Waals surface area contributed by atoms with Crippen LogP contribution in [-0.4, -0.2) is 23.7 Å². The van der Waals surface area contributed by atoms with Crippen LogP contribution in [-0.2, 0) is 4.74 Å². The summed E-state index contributed by atoms with van der Waals surface area (Å²) in [5.41, 5.74) is 0.625. The second-order valence-corrected chi connectivity index (χ2v) is 5.37. The Hall–Kier alpha value is -1.00. The van der Waals surface area contributed by atoms with Gasteiger partial charge in [0.2, 0.25) is 0 Å². The van der Waals surface area contributed by atoms with E-state index >= 15 is 0 Å². The maximum Gasteiger partial charge on any atom is 0.141 e. The molecule has 0 amide bonds. The lowest BCUT2D eigenvalue weighted by atomic mass is 10.1. The molecule has 1 aromatic rings. The van der Waals surface area contributed by atoms with E-state index in [1.54, 1.807) is 6.20 Å². The van der Waals surface area contributed by atoms with Crippen molar-refractivity contribution in [1.82, 2.24) is 10.3 Å². The maximum atomic E-state index is 13.2. The molecule has 0 aliphatic carbocycles. The van der Waals surface area contributed by atoms with Crippen molar-refractivity contribution in [3.8, 4) is 0 Å². The summed E-state index contributed by atoms with van der Waals surface area (Å²) in [5.74, 6) is -0.313. The zero-order chi connectivity index (χ0) is 13.6. The van der Waals surface area contributed by atoms with E-state index in [0.29, 0.717) is 6.61 Å². The molecule has 0 spiro atoms. The van der Waals surface area contributed by atoms with Crippen LogP contribution in [0.4, 0.5) is 4.39 Å². The first-order valence-electron chi connectivity index (χ1n) is 6.40. The summed E-state index contributed by atoms with van der Waals surface area (Å²) in [7, 11) is 0. The van der Waals surface area contributed by atoms with E-state index in [0.717, 1.165) is 18.5 Å². The second kappa shape index (κ2) is 6.81. The van der Waals surface area contributed by atoms with Crippen LogP contribution in [0.5, 0.6) is 0 Å². The molecule has 0 bridgehead atoms. The number of hydrogen-bond donors (Lipinski definition) is 1. The SMILES string of the molecule is CCCNC(COC(C)(C)C)c1cncc(F)c1. The number of nitrogens with one attached hydrogen (secondary N) is 1. The third-order valence-corrected chi connectivity index (χ3v) is 2.45. The van der Waals surface area contributed by atoms with Crippen LogP contribution in [0.15, 0.2) is 18.5 Å². The fourth-order valence-electron chi connectivity index (χ4n) is 1.54. The number of aromatic nitrogens is 1. The molecule has 1 atom stereocenters. The average Bonchev–Trinajstić information content (AvgIpc) is 2.28. The number of ether oxygens (including phenoxy) is 1. The highest BCUT2D eigenvalue weighted by molar-refractivity contribution is 5.15. The van der Waals surface area contributed by atoms with Crippen LogP contribution in [0, 0.1) is 5.82 Å². The molecule has 0 fully saturated rings. The molecular formula is C14H23FN2O. The smallest absolute Gasteiger partial charge is 0.141 e. The molecule has 0 saturated heterocycles. The molecule has 4 heteroatoms. The largest absolute Gasteiger partial charge is 0.374 e. The summed E-state index contributed by atoms with van der Waals surface area (Å²) in [4.78, 5) is 3.89. The zero-order valence-electron chi connectivity index (χ0n) is 11.7.